The third-order valence-electron chi connectivity index (χ3n) is 5.38. The second-order valence-electron chi connectivity index (χ2n) is 7.78. The van der Waals surface area contributed by atoms with Crippen molar-refractivity contribution in [1.29, 1.82) is 0 Å². The first-order valence-electron chi connectivity index (χ1n) is 10.8. The molecule has 4 rings (SSSR count). The molecule has 0 aliphatic rings. The molecule has 0 bridgehead atoms. The summed E-state index contributed by atoms with van der Waals surface area (Å²) in [6.45, 7) is 1.57. The molecule has 0 aliphatic heterocycles. The molecule has 3 aromatic heterocycles. The number of sulfonamides is 1. The van der Waals surface area contributed by atoms with Gasteiger partial charge >= 0.3 is 0 Å². The average molecular weight is 515 g/mol. The molecular formula is C22H26N8O5S. The fourth-order valence-electron chi connectivity index (χ4n) is 3.50. The van der Waals surface area contributed by atoms with E-state index in [1.54, 1.807) is 49.1 Å². The quantitative estimate of drug-likeness (QED) is 0.332. The first-order valence-corrected chi connectivity index (χ1v) is 12.3. The van der Waals surface area contributed by atoms with Crippen LogP contribution in [0, 0.1) is 0 Å². The lowest BCUT2D eigenvalue weighted by atomic mass is 10.2. The Morgan fingerprint density at radius 3 is 2.28 bits per heavy atom. The van der Waals surface area contributed by atoms with Crippen molar-refractivity contribution in [2.24, 2.45) is 7.05 Å². The minimum absolute atomic E-state index is 0.0499. The van der Waals surface area contributed by atoms with E-state index in [4.69, 9.17) is 14.2 Å². The van der Waals surface area contributed by atoms with Gasteiger partial charge in [0.05, 0.1) is 44.7 Å². The van der Waals surface area contributed by atoms with Crippen LogP contribution in [0.4, 0.5) is 5.95 Å². The summed E-state index contributed by atoms with van der Waals surface area (Å²) in [5.41, 5.74) is 1.39. The van der Waals surface area contributed by atoms with Gasteiger partial charge in [0.2, 0.25) is 21.9 Å². The minimum atomic E-state index is -3.94. The summed E-state index contributed by atoms with van der Waals surface area (Å²) < 4.78 is 48.4. The maximum atomic E-state index is 13.3. The van der Waals surface area contributed by atoms with Crippen LogP contribution >= 0.6 is 0 Å². The Kier molecular flexibility index (Phi) is 7.05. The zero-order valence-electron chi connectivity index (χ0n) is 20.4. The highest BCUT2D eigenvalue weighted by Gasteiger charge is 2.29. The molecule has 1 atom stereocenters. The maximum Gasteiger partial charge on any atom is 0.243 e. The van der Waals surface area contributed by atoms with Crippen molar-refractivity contribution in [1.82, 2.24) is 34.5 Å². The number of benzene rings is 1. The number of hydrogen-bond donors (Lipinski definition) is 1. The number of anilines is 1. The number of ether oxygens (including phenoxy) is 3. The van der Waals surface area contributed by atoms with E-state index in [1.807, 2.05) is 0 Å². The highest BCUT2D eigenvalue weighted by Crippen LogP contribution is 2.37. The lowest BCUT2D eigenvalue weighted by molar-refractivity contribution is 0.391. The van der Waals surface area contributed by atoms with Crippen LogP contribution in [-0.2, 0) is 23.5 Å². The molecule has 1 aromatic carbocycles. The van der Waals surface area contributed by atoms with Crippen LogP contribution in [0.2, 0.25) is 0 Å². The largest absolute Gasteiger partial charge is 0.494 e. The summed E-state index contributed by atoms with van der Waals surface area (Å²) in [6, 6.07) is 6.95. The first kappa shape index (κ1) is 24.9. The van der Waals surface area contributed by atoms with Gasteiger partial charge in [-0.25, -0.2) is 13.4 Å². The van der Waals surface area contributed by atoms with Gasteiger partial charge in [0.1, 0.15) is 22.9 Å². The number of nitrogens with zero attached hydrogens (tertiary/aromatic N) is 7. The first-order chi connectivity index (χ1) is 17.3. The van der Waals surface area contributed by atoms with Crippen molar-refractivity contribution in [3.8, 4) is 34.6 Å². The number of para-hydroxylation sites is 1. The summed E-state index contributed by atoms with van der Waals surface area (Å²) in [5.74, 6) is 1.44. The van der Waals surface area contributed by atoms with Gasteiger partial charge in [-0.2, -0.15) is 5.10 Å². The van der Waals surface area contributed by atoms with E-state index in [-0.39, 0.29) is 12.4 Å². The van der Waals surface area contributed by atoms with Gasteiger partial charge < -0.3 is 14.2 Å². The van der Waals surface area contributed by atoms with Gasteiger partial charge in [-0.15, -0.1) is 10.2 Å². The molecular weight excluding hydrogens is 488 g/mol. The normalized spacial score (nSPS) is 12.2. The number of nitrogens with one attached hydrogen (secondary N) is 1. The highest BCUT2D eigenvalue weighted by atomic mass is 32.2. The molecule has 0 spiro atoms. The van der Waals surface area contributed by atoms with Crippen LogP contribution < -0.4 is 18.9 Å². The molecule has 1 N–H and O–H groups in total. The van der Waals surface area contributed by atoms with Gasteiger partial charge in [-0.1, -0.05) is 6.07 Å². The molecule has 14 heteroatoms. The molecule has 0 radical (unpaired) electrons. The van der Waals surface area contributed by atoms with E-state index < -0.39 is 15.3 Å². The number of rotatable bonds is 10. The Morgan fingerprint density at radius 2 is 1.72 bits per heavy atom. The number of aromatic nitrogens is 7. The summed E-state index contributed by atoms with van der Waals surface area (Å²) in [7, 11) is 2.31. The number of hydrogen-bond acceptors (Lipinski definition) is 10. The molecule has 36 heavy (non-hydrogen) atoms. The molecule has 3 heterocycles. The van der Waals surface area contributed by atoms with E-state index in [0.717, 1.165) is 0 Å². The summed E-state index contributed by atoms with van der Waals surface area (Å²) in [5, 5.41) is 11.9. The Labute approximate surface area is 208 Å². The predicted octanol–water partition coefficient (Wildman–Crippen LogP) is 1.86. The third-order valence-corrected chi connectivity index (χ3v) is 7.07. The molecule has 0 amide bonds. The highest BCUT2D eigenvalue weighted by molar-refractivity contribution is 7.93. The molecule has 190 valence electrons. The Morgan fingerprint density at radius 1 is 1.00 bits per heavy atom. The smallest absolute Gasteiger partial charge is 0.243 e. The second kappa shape index (κ2) is 10.2. The van der Waals surface area contributed by atoms with Crippen LogP contribution in [0.3, 0.4) is 0 Å². The molecule has 0 saturated carbocycles. The molecule has 0 aliphatic carbocycles. The summed E-state index contributed by atoms with van der Waals surface area (Å²) in [4.78, 5) is 8.29. The lowest BCUT2D eigenvalue weighted by Crippen LogP contribution is -2.29. The zero-order chi connectivity index (χ0) is 25.9. The number of aryl methyl sites for hydroxylation is 1. The van der Waals surface area contributed by atoms with Gasteiger partial charge in [0.25, 0.3) is 0 Å². The van der Waals surface area contributed by atoms with E-state index in [1.165, 1.54) is 38.3 Å². The second-order valence-corrected chi connectivity index (χ2v) is 9.88. The standard InChI is InChI=1S/C22H26N8O5S/c1-14(11-15-12-24-19(35-5)13-23-15)36(31,32)28-22-26-25-21(16-9-10-29(2)27-16)30(22)20-17(33-3)7-6-8-18(20)34-4/h6-10,12-14H,11H2,1-5H3,(H,26,28)/t14-/m1/s1. The van der Waals surface area contributed by atoms with Crippen LogP contribution in [0.5, 0.6) is 17.4 Å². The average Bonchev–Trinajstić information content (AvgIpc) is 3.49. The fraction of sp³-hybridized carbons (Fsp3) is 0.318. The van der Waals surface area contributed by atoms with Crippen molar-refractivity contribution in [2.75, 3.05) is 26.1 Å². The topological polar surface area (TPSA) is 148 Å². The maximum absolute atomic E-state index is 13.3. The molecule has 0 fully saturated rings. The predicted molar refractivity (Wildman–Crippen MR) is 131 cm³/mol. The third kappa shape index (κ3) is 4.93. The van der Waals surface area contributed by atoms with Crippen molar-refractivity contribution in [3.05, 3.63) is 48.5 Å². The van der Waals surface area contributed by atoms with Crippen molar-refractivity contribution in [3.63, 3.8) is 0 Å². The fourth-order valence-corrected chi connectivity index (χ4v) is 4.48. The molecule has 4 aromatic rings. The van der Waals surface area contributed by atoms with Crippen LogP contribution in [0.15, 0.2) is 42.9 Å². The van der Waals surface area contributed by atoms with E-state index in [0.29, 0.717) is 40.3 Å². The molecule has 0 saturated heterocycles. The molecule has 13 nitrogen and oxygen atoms in total. The van der Waals surface area contributed by atoms with E-state index in [2.05, 4.69) is 30.0 Å². The van der Waals surface area contributed by atoms with Gasteiger partial charge in [-0.05, 0) is 25.1 Å². The van der Waals surface area contributed by atoms with Crippen molar-refractivity contribution >= 4 is 16.0 Å². The van der Waals surface area contributed by atoms with Crippen LogP contribution in [0.25, 0.3) is 17.2 Å². The summed E-state index contributed by atoms with van der Waals surface area (Å²) >= 11 is 0. The SMILES string of the molecule is COc1cnc(C[C@@H](C)S(=O)(=O)Nc2nnc(-c3ccn(C)n3)n2-c2c(OC)cccc2OC)cn1. The van der Waals surface area contributed by atoms with E-state index in [9.17, 15) is 8.42 Å². The van der Waals surface area contributed by atoms with Crippen LogP contribution in [0.1, 0.15) is 12.6 Å². The number of methoxy groups -OCH3 is 3. The van der Waals surface area contributed by atoms with Crippen molar-refractivity contribution < 1.29 is 22.6 Å². The van der Waals surface area contributed by atoms with Gasteiger partial charge in [0, 0.05) is 19.7 Å². The minimum Gasteiger partial charge on any atom is -0.494 e. The lowest BCUT2D eigenvalue weighted by Gasteiger charge is -2.18. The van der Waals surface area contributed by atoms with Crippen molar-refractivity contribution in [2.45, 2.75) is 18.6 Å². The Bertz CT molecular complexity index is 1430. The molecule has 0 unspecified atom stereocenters. The monoisotopic (exact) mass is 514 g/mol. The van der Waals surface area contributed by atoms with Gasteiger partial charge in [0.15, 0.2) is 5.82 Å². The van der Waals surface area contributed by atoms with Crippen LogP contribution in [-0.4, -0.2) is 69.5 Å². The zero-order valence-corrected chi connectivity index (χ0v) is 21.2. The van der Waals surface area contributed by atoms with E-state index >= 15 is 0 Å². The van der Waals surface area contributed by atoms with Gasteiger partial charge in [-0.3, -0.25) is 19.0 Å². The Balaban J connectivity index is 1.76. The Hall–Kier alpha value is -4.20. The summed E-state index contributed by atoms with van der Waals surface area (Å²) in [6.07, 6.45) is 4.78.